The Morgan fingerprint density at radius 2 is 1.62 bits per heavy atom. The van der Waals surface area contributed by atoms with Crippen LogP contribution in [0.4, 0.5) is 0 Å². The van der Waals surface area contributed by atoms with Crippen molar-refractivity contribution in [2.75, 3.05) is 13.1 Å². The summed E-state index contributed by atoms with van der Waals surface area (Å²) in [7, 11) is 0. The molecule has 1 aromatic carbocycles. The van der Waals surface area contributed by atoms with Gasteiger partial charge in [0.25, 0.3) is 0 Å². The minimum Gasteiger partial charge on any atom is -0.308 e. The average Bonchev–Trinajstić information content (AvgIpc) is 2.92. The van der Waals surface area contributed by atoms with Crippen LogP contribution in [-0.2, 0) is 19.6 Å². The number of hydrogen-bond donors (Lipinski definition) is 1. The van der Waals surface area contributed by atoms with Crippen molar-refractivity contribution in [3.8, 4) is 0 Å². The van der Waals surface area contributed by atoms with Crippen LogP contribution in [-0.4, -0.2) is 18.0 Å². The Morgan fingerprint density at radius 1 is 0.952 bits per heavy atom. The Morgan fingerprint density at radius 3 is 2.19 bits per heavy atom. The summed E-state index contributed by atoms with van der Waals surface area (Å²) in [5.41, 5.74) is 2.73. The Kier molecular flexibility index (Phi) is 6.90. The molecule has 0 saturated heterocycles. The maximum atomic E-state index is 3.49. The highest BCUT2D eigenvalue weighted by atomic mass is 79.9. The molecule has 0 fully saturated rings. The minimum absolute atomic E-state index is 0.918. The van der Waals surface area contributed by atoms with Gasteiger partial charge in [0.05, 0.1) is 3.79 Å². The average molecular weight is 367 g/mol. The first-order valence-electron chi connectivity index (χ1n) is 7.46. The van der Waals surface area contributed by atoms with Gasteiger partial charge in [-0.3, -0.25) is 4.90 Å². The number of hydrogen-bond acceptors (Lipinski definition) is 3. The van der Waals surface area contributed by atoms with Gasteiger partial charge < -0.3 is 5.32 Å². The zero-order chi connectivity index (χ0) is 15.1. The third-order valence-electron chi connectivity index (χ3n) is 3.58. The van der Waals surface area contributed by atoms with Gasteiger partial charge in [-0.15, -0.1) is 11.3 Å². The fourth-order valence-corrected chi connectivity index (χ4v) is 3.70. The Hall–Kier alpha value is -0.680. The third kappa shape index (κ3) is 5.55. The lowest BCUT2D eigenvalue weighted by Gasteiger charge is -2.18. The van der Waals surface area contributed by atoms with E-state index in [9.17, 15) is 0 Å². The van der Waals surface area contributed by atoms with Gasteiger partial charge in [-0.25, -0.2) is 0 Å². The van der Waals surface area contributed by atoms with E-state index in [1.54, 1.807) is 11.3 Å². The summed E-state index contributed by atoms with van der Waals surface area (Å²) in [6, 6.07) is 13.2. The van der Waals surface area contributed by atoms with E-state index in [0.717, 1.165) is 32.7 Å². The van der Waals surface area contributed by atoms with Crippen molar-refractivity contribution in [1.82, 2.24) is 10.2 Å². The summed E-state index contributed by atoms with van der Waals surface area (Å²) < 4.78 is 1.19. The smallest absolute Gasteiger partial charge is 0.0701 e. The van der Waals surface area contributed by atoms with E-state index in [0.29, 0.717) is 0 Å². The molecular formula is C17H23BrN2S. The fraction of sp³-hybridized carbons (Fsp3) is 0.412. The van der Waals surface area contributed by atoms with Gasteiger partial charge in [-0.1, -0.05) is 38.1 Å². The molecule has 0 aliphatic rings. The quantitative estimate of drug-likeness (QED) is 0.731. The molecule has 0 saturated carbocycles. The van der Waals surface area contributed by atoms with Gasteiger partial charge in [0.2, 0.25) is 0 Å². The zero-order valence-electron chi connectivity index (χ0n) is 12.7. The molecule has 0 aliphatic carbocycles. The van der Waals surface area contributed by atoms with Gasteiger partial charge in [-0.05, 0) is 52.3 Å². The maximum Gasteiger partial charge on any atom is 0.0701 e. The highest BCUT2D eigenvalue weighted by Crippen LogP contribution is 2.21. The Balaban J connectivity index is 1.79. The van der Waals surface area contributed by atoms with Crippen LogP contribution >= 0.6 is 27.3 Å². The second kappa shape index (κ2) is 8.69. The van der Waals surface area contributed by atoms with Crippen molar-refractivity contribution in [2.45, 2.75) is 33.5 Å². The molecule has 0 radical (unpaired) electrons. The van der Waals surface area contributed by atoms with E-state index in [2.05, 4.69) is 76.4 Å². The SMILES string of the molecule is CCN(CC)Cc1ccc(CNCc2ccc(Br)s2)cc1. The van der Waals surface area contributed by atoms with Crippen LogP contribution in [0, 0.1) is 0 Å². The maximum absolute atomic E-state index is 3.49. The fourth-order valence-electron chi connectivity index (χ4n) is 2.24. The number of nitrogens with one attached hydrogen (secondary N) is 1. The summed E-state index contributed by atoms with van der Waals surface area (Å²) in [6.45, 7) is 9.53. The molecule has 0 amide bonds. The Labute approximate surface area is 140 Å². The van der Waals surface area contributed by atoms with Crippen molar-refractivity contribution < 1.29 is 0 Å². The molecule has 0 aliphatic heterocycles. The van der Waals surface area contributed by atoms with Crippen LogP contribution in [0.25, 0.3) is 0 Å². The minimum atomic E-state index is 0.918. The molecule has 0 unspecified atom stereocenters. The molecule has 0 atom stereocenters. The van der Waals surface area contributed by atoms with Crippen molar-refractivity contribution >= 4 is 27.3 Å². The molecule has 1 heterocycles. The van der Waals surface area contributed by atoms with Crippen LogP contribution in [0.2, 0.25) is 0 Å². The van der Waals surface area contributed by atoms with Crippen molar-refractivity contribution in [2.24, 2.45) is 0 Å². The summed E-state index contributed by atoms with van der Waals surface area (Å²) in [5, 5.41) is 3.49. The van der Waals surface area contributed by atoms with Gasteiger partial charge >= 0.3 is 0 Å². The zero-order valence-corrected chi connectivity index (χ0v) is 15.1. The van der Waals surface area contributed by atoms with E-state index >= 15 is 0 Å². The third-order valence-corrected chi connectivity index (χ3v) is 5.20. The predicted molar refractivity (Wildman–Crippen MR) is 95.6 cm³/mol. The number of benzene rings is 1. The lowest BCUT2D eigenvalue weighted by atomic mass is 10.1. The van der Waals surface area contributed by atoms with Crippen molar-refractivity contribution in [3.63, 3.8) is 0 Å². The van der Waals surface area contributed by atoms with Crippen LogP contribution in [0.3, 0.4) is 0 Å². The summed E-state index contributed by atoms with van der Waals surface area (Å²) in [6.07, 6.45) is 0. The number of rotatable bonds is 8. The molecular weight excluding hydrogens is 344 g/mol. The van der Waals surface area contributed by atoms with Crippen LogP contribution < -0.4 is 5.32 Å². The van der Waals surface area contributed by atoms with Crippen molar-refractivity contribution in [3.05, 3.63) is 56.2 Å². The molecule has 21 heavy (non-hydrogen) atoms. The first-order valence-corrected chi connectivity index (χ1v) is 9.07. The standard InChI is InChI=1S/C17H23BrN2S/c1-3-20(4-2)13-15-7-5-14(6-8-15)11-19-12-16-9-10-17(18)21-16/h5-10,19H,3-4,11-13H2,1-2H3. The summed E-state index contributed by atoms with van der Waals surface area (Å²) in [5.74, 6) is 0. The lowest BCUT2D eigenvalue weighted by molar-refractivity contribution is 0.296. The largest absolute Gasteiger partial charge is 0.308 e. The molecule has 114 valence electrons. The molecule has 4 heteroatoms. The van der Waals surface area contributed by atoms with Crippen LogP contribution in [0.15, 0.2) is 40.2 Å². The van der Waals surface area contributed by atoms with Gasteiger partial charge in [0.15, 0.2) is 0 Å². The molecule has 1 N–H and O–H groups in total. The Bertz CT molecular complexity index is 532. The van der Waals surface area contributed by atoms with E-state index in [1.165, 1.54) is 19.8 Å². The highest BCUT2D eigenvalue weighted by molar-refractivity contribution is 9.11. The predicted octanol–water partition coefficient (Wildman–Crippen LogP) is 4.64. The summed E-state index contributed by atoms with van der Waals surface area (Å²) in [4.78, 5) is 3.79. The van der Waals surface area contributed by atoms with E-state index in [-0.39, 0.29) is 0 Å². The second-order valence-electron chi connectivity index (χ2n) is 5.09. The second-order valence-corrected chi connectivity index (χ2v) is 7.63. The normalized spacial score (nSPS) is 11.2. The van der Waals surface area contributed by atoms with Crippen molar-refractivity contribution in [1.29, 1.82) is 0 Å². The van der Waals surface area contributed by atoms with E-state index in [4.69, 9.17) is 0 Å². The lowest BCUT2D eigenvalue weighted by Crippen LogP contribution is -2.22. The van der Waals surface area contributed by atoms with E-state index < -0.39 is 0 Å². The molecule has 0 spiro atoms. The molecule has 2 rings (SSSR count). The monoisotopic (exact) mass is 366 g/mol. The van der Waals surface area contributed by atoms with E-state index in [1.807, 2.05) is 0 Å². The van der Waals surface area contributed by atoms with Gasteiger partial charge in [0, 0.05) is 24.5 Å². The van der Waals surface area contributed by atoms with Gasteiger partial charge in [-0.2, -0.15) is 0 Å². The molecule has 2 aromatic rings. The van der Waals surface area contributed by atoms with Crippen LogP contribution in [0.1, 0.15) is 29.9 Å². The van der Waals surface area contributed by atoms with Crippen LogP contribution in [0.5, 0.6) is 0 Å². The number of halogens is 1. The van der Waals surface area contributed by atoms with Gasteiger partial charge in [0.1, 0.15) is 0 Å². The highest BCUT2D eigenvalue weighted by Gasteiger charge is 2.01. The molecule has 1 aromatic heterocycles. The first-order chi connectivity index (χ1) is 10.2. The summed E-state index contributed by atoms with van der Waals surface area (Å²) >= 11 is 5.28. The number of nitrogens with zero attached hydrogens (tertiary/aromatic N) is 1. The molecule has 2 nitrogen and oxygen atoms in total. The molecule has 0 bridgehead atoms. The number of thiophene rings is 1. The topological polar surface area (TPSA) is 15.3 Å². The first kappa shape index (κ1) is 16.7.